The monoisotopic (exact) mass is 346 g/mol. The minimum atomic E-state index is -0.562. The summed E-state index contributed by atoms with van der Waals surface area (Å²) < 4.78 is 4.82. The van der Waals surface area contributed by atoms with E-state index in [1.165, 1.54) is 12.7 Å². The fourth-order valence-corrected chi connectivity index (χ4v) is 3.47. The first-order valence-corrected chi connectivity index (χ1v) is 9.14. The molecule has 2 rings (SSSR count). The van der Waals surface area contributed by atoms with Crippen LogP contribution < -0.4 is 5.32 Å². The number of likely N-dealkylation sites (tertiary alicyclic amines) is 1. The van der Waals surface area contributed by atoms with Crippen LogP contribution in [0.15, 0.2) is 30.3 Å². The van der Waals surface area contributed by atoms with Gasteiger partial charge in [0.1, 0.15) is 6.04 Å². The Kier molecular flexibility index (Phi) is 7.44. The van der Waals surface area contributed by atoms with Crippen LogP contribution in [0.3, 0.4) is 0 Å². The number of benzene rings is 1. The van der Waals surface area contributed by atoms with Crippen LogP contribution in [0, 0.1) is 5.92 Å². The predicted molar refractivity (Wildman–Crippen MR) is 98.1 cm³/mol. The lowest BCUT2D eigenvalue weighted by Gasteiger charge is -2.25. The molecule has 2 atom stereocenters. The van der Waals surface area contributed by atoms with Crippen molar-refractivity contribution in [1.29, 1.82) is 0 Å². The number of carbonyl (C=O) groups excluding carboxylic acids is 2. The quantitative estimate of drug-likeness (QED) is 0.735. The van der Waals surface area contributed by atoms with Gasteiger partial charge in [0.05, 0.1) is 13.7 Å². The lowest BCUT2D eigenvalue weighted by atomic mass is 10.0. The summed E-state index contributed by atoms with van der Waals surface area (Å²) in [5.74, 6) is -0.165. The molecule has 0 saturated carbocycles. The van der Waals surface area contributed by atoms with Crippen LogP contribution in [-0.2, 0) is 20.7 Å². The first kappa shape index (κ1) is 19.4. The molecule has 1 heterocycles. The van der Waals surface area contributed by atoms with Gasteiger partial charge in [-0.25, -0.2) is 4.79 Å². The molecule has 1 N–H and O–H groups in total. The van der Waals surface area contributed by atoms with Crippen molar-refractivity contribution in [3.8, 4) is 0 Å². The molecule has 0 aromatic heterocycles. The van der Waals surface area contributed by atoms with Crippen molar-refractivity contribution >= 4 is 11.9 Å². The van der Waals surface area contributed by atoms with Crippen LogP contribution in [0.4, 0.5) is 0 Å². The van der Waals surface area contributed by atoms with Gasteiger partial charge in [-0.2, -0.15) is 0 Å². The Balaban J connectivity index is 1.90. The fourth-order valence-electron chi connectivity index (χ4n) is 3.47. The molecule has 0 spiro atoms. The molecule has 1 aromatic rings. The van der Waals surface area contributed by atoms with Gasteiger partial charge in [-0.05, 0) is 43.7 Å². The van der Waals surface area contributed by atoms with E-state index in [2.05, 4.69) is 22.3 Å². The number of esters is 1. The molecule has 5 heteroatoms. The molecule has 1 amide bonds. The van der Waals surface area contributed by atoms with Crippen molar-refractivity contribution in [2.45, 2.75) is 51.6 Å². The van der Waals surface area contributed by atoms with Crippen LogP contribution in [-0.4, -0.2) is 49.1 Å². The van der Waals surface area contributed by atoms with Crippen molar-refractivity contribution < 1.29 is 14.3 Å². The van der Waals surface area contributed by atoms with Crippen molar-refractivity contribution in [2.75, 3.05) is 20.2 Å². The van der Waals surface area contributed by atoms with E-state index in [-0.39, 0.29) is 11.9 Å². The van der Waals surface area contributed by atoms with Crippen molar-refractivity contribution in [2.24, 2.45) is 5.92 Å². The number of methoxy groups -OCH3 is 1. The third-order valence-electron chi connectivity index (χ3n) is 4.69. The number of hydrogen-bond donors (Lipinski definition) is 1. The molecule has 0 aliphatic carbocycles. The van der Waals surface area contributed by atoms with E-state index in [1.807, 2.05) is 32.0 Å². The lowest BCUT2D eigenvalue weighted by Crippen LogP contribution is -2.47. The molecule has 0 bridgehead atoms. The Hall–Kier alpha value is -1.88. The van der Waals surface area contributed by atoms with Gasteiger partial charge < -0.3 is 10.1 Å². The average molecular weight is 346 g/mol. The van der Waals surface area contributed by atoms with Crippen LogP contribution in [0.2, 0.25) is 0 Å². The Labute approximate surface area is 150 Å². The molecule has 138 valence electrons. The Morgan fingerprint density at radius 2 is 2.00 bits per heavy atom. The molecule has 1 aliphatic rings. The largest absolute Gasteiger partial charge is 0.467 e. The van der Waals surface area contributed by atoms with Gasteiger partial charge >= 0.3 is 5.97 Å². The van der Waals surface area contributed by atoms with Gasteiger partial charge in [0.15, 0.2) is 0 Å². The number of ether oxygens (including phenoxy) is 1. The molecular formula is C20H30N2O3. The number of amides is 1. The van der Waals surface area contributed by atoms with Crippen LogP contribution in [0.25, 0.3) is 0 Å². The summed E-state index contributed by atoms with van der Waals surface area (Å²) in [6.07, 6.45) is 3.76. The Morgan fingerprint density at radius 3 is 2.64 bits per heavy atom. The highest BCUT2D eigenvalue weighted by Crippen LogP contribution is 2.20. The van der Waals surface area contributed by atoms with Gasteiger partial charge in [-0.15, -0.1) is 0 Å². The van der Waals surface area contributed by atoms with E-state index >= 15 is 0 Å². The molecule has 0 radical (unpaired) electrons. The molecule has 25 heavy (non-hydrogen) atoms. The minimum absolute atomic E-state index is 0.101. The second kappa shape index (κ2) is 9.56. The van der Waals surface area contributed by atoms with Crippen LogP contribution in [0.1, 0.15) is 38.7 Å². The summed E-state index contributed by atoms with van der Waals surface area (Å²) in [7, 11) is 1.36. The first-order chi connectivity index (χ1) is 12.0. The summed E-state index contributed by atoms with van der Waals surface area (Å²) in [5, 5.41) is 2.86. The van der Waals surface area contributed by atoms with E-state index in [9.17, 15) is 9.59 Å². The van der Waals surface area contributed by atoms with Crippen LogP contribution >= 0.6 is 0 Å². The zero-order valence-electron chi connectivity index (χ0n) is 15.5. The molecule has 1 aromatic carbocycles. The third-order valence-corrected chi connectivity index (χ3v) is 4.69. The van der Waals surface area contributed by atoms with Crippen LogP contribution in [0.5, 0.6) is 0 Å². The first-order valence-electron chi connectivity index (χ1n) is 9.14. The van der Waals surface area contributed by atoms with E-state index in [0.29, 0.717) is 24.9 Å². The number of nitrogens with one attached hydrogen (secondary N) is 1. The Bertz CT molecular complexity index is 559. The predicted octanol–water partition coefficient (Wildman–Crippen LogP) is 2.40. The van der Waals surface area contributed by atoms with E-state index in [0.717, 1.165) is 25.8 Å². The van der Waals surface area contributed by atoms with Gasteiger partial charge in [0.2, 0.25) is 5.91 Å². The highest BCUT2D eigenvalue weighted by atomic mass is 16.5. The summed E-state index contributed by atoms with van der Waals surface area (Å²) in [6, 6.07) is 10.2. The summed E-state index contributed by atoms with van der Waals surface area (Å²) >= 11 is 0. The molecular weight excluding hydrogens is 316 g/mol. The van der Waals surface area contributed by atoms with E-state index in [4.69, 9.17) is 4.74 Å². The standard InChI is InChI=1S/C20H30N2O3/c1-15(2)12-18(20(24)25-3)21-19(23)14-22-11-7-10-17(22)13-16-8-5-4-6-9-16/h4-6,8-9,15,17-18H,7,10-14H2,1-3H3,(H,21,23). The van der Waals surface area contributed by atoms with Crippen molar-refractivity contribution in [3.63, 3.8) is 0 Å². The van der Waals surface area contributed by atoms with Gasteiger partial charge in [0, 0.05) is 6.04 Å². The number of nitrogens with zero attached hydrogens (tertiary/aromatic N) is 1. The Morgan fingerprint density at radius 1 is 1.28 bits per heavy atom. The number of rotatable bonds is 8. The zero-order chi connectivity index (χ0) is 18.2. The maximum atomic E-state index is 12.4. The van der Waals surface area contributed by atoms with Gasteiger partial charge in [0.25, 0.3) is 0 Å². The summed E-state index contributed by atoms with van der Waals surface area (Å²) in [5.41, 5.74) is 1.30. The fraction of sp³-hybridized carbons (Fsp3) is 0.600. The zero-order valence-corrected chi connectivity index (χ0v) is 15.5. The SMILES string of the molecule is COC(=O)C(CC(C)C)NC(=O)CN1CCCC1Cc1ccccc1. The van der Waals surface area contributed by atoms with Crippen molar-refractivity contribution in [3.05, 3.63) is 35.9 Å². The maximum absolute atomic E-state index is 12.4. The van der Waals surface area contributed by atoms with E-state index < -0.39 is 6.04 Å². The highest BCUT2D eigenvalue weighted by Gasteiger charge is 2.28. The summed E-state index contributed by atoms with van der Waals surface area (Å²) in [6.45, 7) is 5.32. The molecule has 1 saturated heterocycles. The minimum Gasteiger partial charge on any atom is -0.467 e. The second-order valence-corrected chi connectivity index (χ2v) is 7.23. The molecule has 1 aliphatic heterocycles. The second-order valence-electron chi connectivity index (χ2n) is 7.23. The lowest BCUT2D eigenvalue weighted by molar-refractivity contribution is -0.145. The molecule has 5 nitrogen and oxygen atoms in total. The highest BCUT2D eigenvalue weighted by molar-refractivity contribution is 5.85. The normalized spacial score (nSPS) is 19.0. The van der Waals surface area contributed by atoms with Gasteiger partial charge in [-0.1, -0.05) is 44.2 Å². The number of carbonyl (C=O) groups is 2. The van der Waals surface area contributed by atoms with E-state index in [1.54, 1.807) is 0 Å². The molecule has 2 unspecified atom stereocenters. The maximum Gasteiger partial charge on any atom is 0.328 e. The molecule has 1 fully saturated rings. The smallest absolute Gasteiger partial charge is 0.328 e. The topological polar surface area (TPSA) is 58.6 Å². The van der Waals surface area contributed by atoms with Crippen molar-refractivity contribution in [1.82, 2.24) is 10.2 Å². The van der Waals surface area contributed by atoms with Gasteiger partial charge in [-0.3, -0.25) is 9.69 Å². The average Bonchev–Trinajstić information content (AvgIpc) is 3.00. The number of hydrogen-bond acceptors (Lipinski definition) is 4. The third kappa shape index (κ3) is 6.16. The summed E-state index contributed by atoms with van der Waals surface area (Å²) in [4.78, 5) is 26.6.